The number of amides is 1. The maximum atomic E-state index is 12.6. The average Bonchev–Trinajstić information content (AvgIpc) is 2.93. The van der Waals surface area contributed by atoms with Crippen molar-refractivity contribution in [2.75, 3.05) is 23.7 Å². The van der Waals surface area contributed by atoms with E-state index < -0.39 is 5.60 Å². The van der Waals surface area contributed by atoms with Gasteiger partial charge < -0.3 is 20.3 Å². The lowest BCUT2D eigenvalue weighted by Crippen LogP contribution is -2.64. The van der Waals surface area contributed by atoms with Crippen LogP contribution in [-0.4, -0.2) is 46.8 Å². The molecule has 0 aliphatic carbocycles. The van der Waals surface area contributed by atoms with Crippen molar-refractivity contribution in [3.63, 3.8) is 0 Å². The number of rotatable bonds is 1. The number of aryl methyl sites for hydroxylation is 1. The molecule has 26 heavy (non-hydrogen) atoms. The van der Waals surface area contributed by atoms with Crippen LogP contribution in [0.25, 0.3) is 10.2 Å². The SMILES string of the molecule is Cc1nc2c(N3C[C@@H]4CC[C@H]3CN4C(=O)OC(C)(C)C)c(N)ccc2s1. The van der Waals surface area contributed by atoms with Crippen molar-refractivity contribution < 1.29 is 9.53 Å². The molecule has 2 atom stereocenters. The van der Waals surface area contributed by atoms with Crippen LogP contribution in [0, 0.1) is 6.92 Å². The van der Waals surface area contributed by atoms with Gasteiger partial charge in [0, 0.05) is 19.1 Å². The molecule has 3 fully saturated rings. The Morgan fingerprint density at radius 3 is 2.65 bits per heavy atom. The first-order valence-corrected chi connectivity index (χ1v) is 9.96. The molecular weight excluding hydrogens is 348 g/mol. The number of anilines is 2. The standard InChI is InChI=1S/C19H26N4O2S/c1-11-21-16-15(26-11)8-7-14(20)17(16)22-9-13-6-5-12(22)10-23(13)18(24)25-19(2,3)4/h7-8,12-13H,5-6,9-10,20H2,1-4H3/t12-,13-/m0/s1. The quantitative estimate of drug-likeness (QED) is 0.769. The van der Waals surface area contributed by atoms with E-state index in [4.69, 9.17) is 15.5 Å². The predicted octanol–water partition coefficient (Wildman–Crippen LogP) is 3.78. The van der Waals surface area contributed by atoms with Crippen molar-refractivity contribution >= 4 is 39.0 Å². The first-order valence-electron chi connectivity index (χ1n) is 9.15. The predicted molar refractivity (Wildman–Crippen MR) is 106 cm³/mol. The van der Waals surface area contributed by atoms with Gasteiger partial charge in [-0.15, -0.1) is 11.3 Å². The molecule has 3 aliphatic heterocycles. The third-order valence-electron chi connectivity index (χ3n) is 5.12. The number of carbonyl (C=O) groups is 1. The van der Waals surface area contributed by atoms with Crippen LogP contribution in [0.4, 0.5) is 16.2 Å². The molecule has 0 spiro atoms. The normalized spacial score (nSPS) is 22.9. The fourth-order valence-electron chi connectivity index (χ4n) is 4.05. The molecule has 6 nitrogen and oxygen atoms in total. The molecule has 1 aromatic carbocycles. The molecule has 1 aromatic heterocycles. The van der Waals surface area contributed by atoms with Crippen LogP contribution >= 0.6 is 11.3 Å². The number of benzene rings is 1. The zero-order valence-corrected chi connectivity index (χ0v) is 16.6. The number of piperazine rings is 1. The number of hydrogen-bond acceptors (Lipinski definition) is 6. The van der Waals surface area contributed by atoms with E-state index in [-0.39, 0.29) is 18.2 Å². The highest BCUT2D eigenvalue weighted by atomic mass is 32.1. The molecule has 2 aromatic rings. The zero-order chi connectivity index (χ0) is 18.6. The first-order chi connectivity index (χ1) is 12.2. The maximum Gasteiger partial charge on any atom is 0.410 e. The molecule has 3 aliphatic rings. The minimum atomic E-state index is -0.471. The Balaban J connectivity index is 1.63. The number of aromatic nitrogens is 1. The van der Waals surface area contributed by atoms with Crippen LogP contribution in [0.5, 0.6) is 0 Å². The fraction of sp³-hybridized carbons (Fsp3) is 0.579. The Kier molecular flexibility index (Phi) is 4.02. The van der Waals surface area contributed by atoms with Gasteiger partial charge in [-0.05, 0) is 52.7 Å². The molecule has 7 heteroatoms. The number of nitrogen functional groups attached to an aromatic ring is 1. The summed E-state index contributed by atoms with van der Waals surface area (Å²) in [6, 6.07) is 4.43. The minimum absolute atomic E-state index is 0.157. The van der Waals surface area contributed by atoms with Gasteiger partial charge in [-0.1, -0.05) is 0 Å². The van der Waals surface area contributed by atoms with Crippen molar-refractivity contribution in [3.8, 4) is 0 Å². The number of nitrogens with zero attached hydrogens (tertiary/aromatic N) is 3. The summed E-state index contributed by atoms with van der Waals surface area (Å²) < 4.78 is 6.77. The number of carbonyl (C=O) groups excluding carboxylic acids is 1. The lowest BCUT2D eigenvalue weighted by molar-refractivity contribution is 0.000942. The summed E-state index contributed by atoms with van der Waals surface area (Å²) in [5.41, 5.74) is 8.67. The van der Waals surface area contributed by atoms with Crippen molar-refractivity contribution in [1.82, 2.24) is 9.88 Å². The van der Waals surface area contributed by atoms with Gasteiger partial charge in [-0.2, -0.15) is 0 Å². The largest absolute Gasteiger partial charge is 0.444 e. The van der Waals surface area contributed by atoms with Crippen molar-refractivity contribution in [2.45, 2.75) is 58.2 Å². The zero-order valence-electron chi connectivity index (χ0n) is 15.8. The molecule has 3 saturated heterocycles. The minimum Gasteiger partial charge on any atom is -0.444 e. The fourth-order valence-corrected chi connectivity index (χ4v) is 4.89. The topological polar surface area (TPSA) is 71.7 Å². The maximum absolute atomic E-state index is 12.6. The summed E-state index contributed by atoms with van der Waals surface area (Å²) in [4.78, 5) is 21.6. The van der Waals surface area contributed by atoms with Gasteiger partial charge in [0.05, 0.1) is 27.1 Å². The Morgan fingerprint density at radius 2 is 2.00 bits per heavy atom. The summed E-state index contributed by atoms with van der Waals surface area (Å²) in [5.74, 6) is 0. The van der Waals surface area contributed by atoms with E-state index in [2.05, 4.69) is 4.90 Å². The number of hydrogen-bond donors (Lipinski definition) is 1. The molecule has 2 N–H and O–H groups in total. The highest BCUT2D eigenvalue weighted by Crippen LogP contribution is 2.41. The van der Waals surface area contributed by atoms with E-state index in [1.807, 2.05) is 44.7 Å². The third kappa shape index (κ3) is 2.98. The highest BCUT2D eigenvalue weighted by Gasteiger charge is 2.43. The molecule has 0 unspecified atom stereocenters. The molecule has 1 amide bonds. The Hall–Kier alpha value is -2.02. The van der Waals surface area contributed by atoms with Gasteiger partial charge in [-0.3, -0.25) is 0 Å². The molecule has 5 rings (SSSR count). The molecule has 140 valence electrons. The van der Waals surface area contributed by atoms with Crippen LogP contribution in [0.15, 0.2) is 12.1 Å². The van der Waals surface area contributed by atoms with Gasteiger partial charge in [0.25, 0.3) is 0 Å². The van der Waals surface area contributed by atoms with E-state index in [1.54, 1.807) is 11.3 Å². The molecule has 0 radical (unpaired) electrons. The van der Waals surface area contributed by atoms with Gasteiger partial charge in [0.15, 0.2) is 0 Å². The van der Waals surface area contributed by atoms with Crippen LogP contribution in [0.3, 0.4) is 0 Å². The van der Waals surface area contributed by atoms with Gasteiger partial charge in [0.1, 0.15) is 11.1 Å². The van der Waals surface area contributed by atoms with Gasteiger partial charge in [0.2, 0.25) is 0 Å². The van der Waals surface area contributed by atoms with Crippen molar-refractivity contribution in [1.29, 1.82) is 0 Å². The molecule has 0 saturated carbocycles. The summed E-state index contributed by atoms with van der Waals surface area (Å²) >= 11 is 1.69. The first kappa shape index (κ1) is 17.4. The summed E-state index contributed by atoms with van der Waals surface area (Å²) in [6.07, 6.45) is 1.86. The summed E-state index contributed by atoms with van der Waals surface area (Å²) in [5, 5.41) is 1.05. The van der Waals surface area contributed by atoms with Gasteiger partial charge >= 0.3 is 6.09 Å². The van der Waals surface area contributed by atoms with Crippen LogP contribution in [0.2, 0.25) is 0 Å². The number of ether oxygens (including phenoxy) is 1. The van der Waals surface area contributed by atoms with E-state index in [0.717, 1.165) is 46.0 Å². The van der Waals surface area contributed by atoms with Crippen LogP contribution < -0.4 is 10.6 Å². The number of piperidine rings is 2. The lowest BCUT2D eigenvalue weighted by Gasteiger charge is -2.52. The second-order valence-corrected chi connectivity index (χ2v) is 9.49. The lowest BCUT2D eigenvalue weighted by atomic mass is 9.90. The number of nitrogens with two attached hydrogens (primary N) is 1. The van der Waals surface area contributed by atoms with E-state index in [0.29, 0.717) is 6.54 Å². The average molecular weight is 375 g/mol. The van der Waals surface area contributed by atoms with Crippen LogP contribution in [0.1, 0.15) is 38.6 Å². The second kappa shape index (κ2) is 6.01. The van der Waals surface area contributed by atoms with Crippen molar-refractivity contribution in [2.24, 2.45) is 0 Å². The highest BCUT2D eigenvalue weighted by molar-refractivity contribution is 7.18. The van der Waals surface area contributed by atoms with Crippen molar-refractivity contribution in [3.05, 3.63) is 17.1 Å². The van der Waals surface area contributed by atoms with Gasteiger partial charge in [-0.25, -0.2) is 9.78 Å². The van der Waals surface area contributed by atoms with Crippen LogP contribution in [-0.2, 0) is 4.74 Å². The number of thiazole rings is 1. The monoisotopic (exact) mass is 374 g/mol. The van der Waals surface area contributed by atoms with E-state index >= 15 is 0 Å². The Bertz CT molecular complexity index is 857. The summed E-state index contributed by atoms with van der Waals surface area (Å²) in [7, 11) is 0. The third-order valence-corrected chi connectivity index (χ3v) is 6.05. The second-order valence-electron chi connectivity index (χ2n) is 8.25. The smallest absolute Gasteiger partial charge is 0.410 e. The van der Waals surface area contributed by atoms with E-state index in [9.17, 15) is 4.79 Å². The molecular formula is C19H26N4O2S. The summed E-state index contributed by atoms with van der Waals surface area (Å²) in [6.45, 7) is 9.21. The van der Waals surface area contributed by atoms with E-state index in [1.165, 1.54) is 0 Å². The molecule has 4 heterocycles. The Morgan fingerprint density at radius 1 is 1.27 bits per heavy atom. The molecule has 2 bridgehead atoms. The Labute approximate surface area is 157 Å². The number of fused-ring (bicyclic) bond motifs is 4.